The van der Waals surface area contributed by atoms with Crippen molar-refractivity contribution in [3.8, 4) is 0 Å². The van der Waals surface area contributed by atoms with Gasteiger partial charge in [0.15, 0.2) is 0 Å². The highest BCUT2D eigenvalue weighted by Crippen LogP contribution is 2.26. The Morgan fingerprint density at radius 1 is 1.56 bits per heavy atom. The van der Waals surface area contributed by atoms with Crippen molar-refractivity contribution in [2.75, 3.05) is 32.1 Å². The van der Waals surface area contributed by atoms with Crippen molar-refractivity contribution >= 4 is 23.4 Å². The highest BCUT2D eigenvalue weighted by molar-refractivity contribution is 7.99. The lowest BCUT2D eigenvalue weighted by atomic mass is 10.2. The molecule has 1 aromatic heterocycles. The number of rotatable bonds is 8. The van der Waals surface area contributed by atoms with Crippen LogP contribution in [0, 0.1) is 0 Å². The Morgan fingerprint density at radius 2 is 2.28 bits per heavy atom. The van der Waals surface area contributed by atoms with Gasteiger partial charge in [0.1, 0.15) is 0 Å². The third kappa shape index (κ3) is 4.80. The predicted octanol–water partition coefficient (Wildman–Crippen LogP) is 2.27. The zero-order valence-electron chi connectivity index (χ0n) is 11.3. The summed E-state index contributed by atoms with van der Waals surface area (Å²) in [6.45, 7) is 3.74. The maximum absolute atomic E-state index is 10.2. The van der Waals surface area contributed by atoms with Crippen LogP contribution in [0.2, 0.25) is 5.02 Å². The summed E-state index contributed by atoms with van der Waals surface area (Å²) in [6, 6.07) is 0. The Balaban J connectivity index is 2.64. The third-order valence-electron chi connectivity index (χ3n) is 2.65. The highest BCUT2D eigenvalue weighted by atomic mass is 35.5. The zero-order chi connectivity index (χ0) is 13.5. The molecular weight excluding hydrogens is 270 g/mol. The molecule has 0 amide bonds. The van der Waals surface area contributed by atoms with Crippen LogP contribution >= 0.6 is 23.4 Å². The summed E-state index contributed by atoms with van der Waals surface area (Å²) in [4.78, 5) is 2.08. The summed E-state index contributed by atoms with van der Waals surface area (Å²) in [5.74, 6) is 2.01. The van der Waals surface area contributed by atoms with Gasteiger partial charge in [0.2, 0.25) is 0 Å². The van der Waals surface area contributed by atoms with Gasteiger partial charge in [-0.25, -0.2) is 0 Å². The van der Waals surface area contributed by atoms with E-state index in [0.29, 0.717) is 11.4 Å². The van der Waals surface area contributed by atoms with Crippen LogP contribution in [0.25, 0.3) is 0 Å². The van der Waals surface area contributed by atoms with Crippen LogP contribution in [0.1, 0.15) is 25.1 Å². The quantitative estimate of drug-likeness (QED) is 0.746. The van der Waals surface area contributed by atoms with Gasteiger partial charge < -0.3 is 10.0 Å². The molecule has 0 spiro atoms. The summed E-state index contributed by atoms with van der Waals surface area (Å²) < 4.78 is 1.81. The number of aromatic nitrogens is 2. The average Bonchev–Trinajstić information content (AvgIpc) is 2.68. The van der Waals surface area contributed by atoms with Crippen LogP contribution in [0.4, 0.5) is 0 Å². The highest BCUT2D eigenvalue weighted by Gasteiger charge is 2.17. The lowest BCUT2D eigenvalue weighted by Crippen LogP contribution is -2.21. The number of nitrogens with zero attached hydrogens (tertiary/aromatic N) is 3. The van der Waals surface area contributed by atoms with Gasteiger partial charge in [-0.3, -0.25) is 4.68 Å². The van der Waals surface area contributed by atoms with E-state index < -0.39 is 6.10 Å². The molecule has 1 rings (SSSR count). The standard InChI is InChI=1S/C12H22ClN3OS/c1-4-18-8-5-11(17)12-10(13)9-14-16(12)7-6-15(2)3/h9,11,17H,4-8H2,1-3H3. The molecule has 0 fully saturated rings. The molecule has 0 aliphatic carbocycles. The fourth-order valence-corrected chi connectivity index (χ4v) is 2.60. The van der Waals surface area contributed by atoms with Crippen LogP contribution in [0.5, 0.6) is 0 Å². The van der Waals surface area contributed by atoms with E-state index in [1.165, 1.54) is 0 Å². The molecule has 1 aromatic rings. The number of thioether (sulfide) groups is 1. The Bertz CT molecular complexity index is 357. The first-order chi connectivity index (χ1) is 8.56. The first-order valence-electron chi connectivity index (χ1n) is 6.18. The van der Waals surface area contributed by atoms with Gasteiger partial charge in [-0.05, 0) is 32.0 Å². The number of likely N-dealkylation sites (N-methyl/N-ethyl adjacent to an activating group) is 1. The number of aliphatic hydroxyl groups excluding tert-OH is 1. The van der Waals surface area contributed by atoms with Gasteiger partial charge in [0.25, 0.3) is 0 Å². The van der Waals surface area contributed by atoms with E-state index in [2.05, 4.69) is 16.9 Å². The SMILES string of the molecule is CCSCCC(O)c1c(Cl)cnn1CCN(C)C. The van der Waals surface area contributed by atoms with Crippen LogP contribution in [0.15, 0.2) is 6.20 Å². The van der Waals surface area contributed by atoms with Crippen molar-refractivity contribution in [3.63, 3.8) is 0 Å². The largest absolute Gasteiger partial charge is 0.387 e. The van der Waals surface area contributed by atoms with Crippen LogP contribution < -0.4 is 0 Å². The molecular formula is C12H22ClN3OS. The van der Waals surface area contributed by atoms with Crippen molar-refractivity contribution in [3.05, 3.63) is 16.9 Å². The first kappa shape index (κ1) is 15.8. The molecule has 0 radical (unpaired) electrons. The number of hydrogen-bond donors (Lipinski definition) is 1. The predicted molar refractivity (Wildman–Crippen MR) is 78.4 cm³/mol. The smallest absolute Gasteiger partial charge is 0.0979 e. The normalized spacial score (nSPS) is 13.2. The van der Waals surface area contributed by atoms with E-state index in [-0.39, 0.29) is 0 Å². The molecule has 6 heteroatoms. The molecule has 18 heavy (non-hydrogen) atoms. The van der Waals surface area contributed by atoms with E-state index in [9.17, 15) is 5.11 Å². The van der Waals surface area contributed by atoms with Crippen molar-refractivity contribution < 1.29 is 5.11 Å². The van der Waals surface area contributed by atoms with E-state index in [0.717, 1.165) is 30.3 Å². The molecule has 0 saturated heterocycles. The molecule has 1 unspecified atom stereocenters. The third-order valence-corrected chi connectivity index (χ3v) is 3.87. The second-order valence-corrected chi connectivity index (χ2v) is 6.21. The lowest BCUT2D eigenvalue weighted by Gasteiger charge is -2.15. The molecule has 0 aromatic carbocycles. The minimum Gasteiger partial charge on any atom is -0.387 e. The Morgan fingerprint density at radius 3 is 2.89 bits per heavy atom. The first-order valence-corrected chi connectivity index (χ1v) is 7.71. The number of aliphatic hydroxyl groups is 1. The van der Waals surface area contributed by atoms with Gasteiger partial charge >= 0.3 is 0 Å². The Labute approximate surface area is 118 Å². The van der Waals surface area contributed by atoms with E-state index >= 15 is 0 Å². The van der Waals surface area contributed by atoms with E-state index in [4.69, 9.17) is 11.6 Å². The summed E-state index contributed by atoms with van der Waals surface area (Å²) in [5.41, 5.74) is 0.746. The minimum atomic E-state index is -0.527. The van der Waals surface area contributed by atoms with Gasteiger partial charge in [-0.1, -0.05) is 18.5 Å². The number of hydrogen-bond acceptors (Lipinski definition) is 4. The maximum Gasteiger partial charge on any atom is 0.0979 e. The lowest BCUT2D eigenvalue weighted by molar-refractivity contribution is 0.162. The summed E-state index contributed by atoms with van der Waals surface area (Å²) >= 11 is 7.93. The van der Waals surface area contributed by atoms with Gasteiger partial charge in [0, 0.05) is 6.54 Å². The molecule has 4 nitrogen and oxygen atoms in total. The monoisotopic (exact) mass is 291 g/mol. The molecule has 1 N–H and O–H groups in total. The van der Waals surface area contributed by atoms with Gasteiger partial charge in [0.05, 0.1) is 29.6 Å². The van der Waals surface area contributed by atoms with Crippen molar-refractivity contribution in [2.45, 2.75) is 26.0 Å². The van der Waals surface area contributed by atoms with E-state index in [1.807, 2.05) is 30.5 Å². The molecule has 104 valence electrons. The van der Waals surface area contributed by atoms with E-state index in [1.54, 1.807) is 6.20 Å². The summed E-state index contributed by atoms with van der Waals surface area (Å²) in [7, 11) is 4.03. The summed E-state index contributed by atoms with van der Waals surface area (Å²) in [5, 5.41) is 15.0. The van der Waals surface area contributed by atoms with Crippen molar-refractivity contribution in [1.82, 2.24) is 14.7 Å². The fourth-order valence-electron chi connectivity index (χ4n) is 1.65. The Hall–Kier alpha value is -0.230. The topological polar surface area (TPSA) is 41.3 Å². The molecule has 0 aliphatic heterocycles. The maximum atomic E-state index is 10.2. The molecule has 0 aliphatic rings. The fraction of sp³-hybridized carbons (Fsp3) is 0.750. The van der Waals surface area contributed by atoms with Gasteiger partial charge in [-0.2, -0.15) is 16.9 Å². The van der Waals surface area contributed by atoms with Gasteiger partial charge in [-0.15, -0.1) is 0 Å². The average molecular weight is 292 g/mol. The molecule has 0 bridgehead atoms. The minimum absolute atomic E-state index is 0.527. The second-order valence-electron chi connectivity index (χ2n) is 4.41. The van der Waals surface area contributed by atoms with Crippen molar-refractivity contribution in [2.24, 2.45) is 0 Å². The van der Waals surface area contributed by atoms with Crippen LogP contribution in [0.3, 0.4) is 0 Å². The molecule has 0 saturated carbocycles. The Kier molecular flexibility index (Phi) is 7.07. The second kappa shape index (κ2) is 8.04. The molecule has 1 heterocycles. The van der Waals surface area contributed by atoms with Crippen LogP contribution in [-0.2, 0) is 6.54 Å². The summed E-state index contributed by atoms with van der Waals surface area (Å²) in [6.07, 6.45) is 1.80. The molecule has 1 atom stereocenters. The van der Waals surface area contributed by atoms with Crippen molar-refractivity contribution in [1.29, 1.82) is 0 Å². The number of halogens is 1. The zero-order valence-corrected chi connectivity index (χ0v) is 12.8. The van der Waals surface area contributed by atoms with Crippen LogP contribution in [-0.4, -0.2) is 51.9 Å².